The topological polar surface area (TPSA) is 55.8 Å². The summed E-state index contributed by atoms with van der Waals surface area (Å²) in [7, 11) is 0. The van der Waals surface area contributed by atoms with E-state index in [-0.39, 0.29) is 12.6 Å². The number of hydrogen-bond donors (Lipinski definition) is 0. The van der Waals surface area contributed by atoms with E-state index in [1.807, 2.05) is 0 Å². The smallest absolute Gasteiger partial charge is 0.411 e. The molecule has 25 heavy (non-hydrogen) atoms. The van der Waals surface area contributed by atoms with Crippen molar-refractivity contribution < 1.29 is 19.1 Å². The van der Waals surface area contributed by atoms with Gasteiger partial charge >= 0.3 is 12.1 Å². The fraction of sp³-hybridized carbons (Fsp3) is 0.800. The van der Waals surface area contributed by atoms with Gasteiger partial charge in [0.05, 0.1) is 6.61 Å². The van der Waals surface area contributed by atoms with Crippen LogP contribution in [0.1, 0.15) is 77.6 Å². The van der Waals surface area contributed by atoms with E-state index in [0.717, 1.165) is 19.3 Å². The molecule has 1 heterocycles. The van der Waals surface area contributed by atoms with Crippen LogP contribution in [0.25, 0.3) is 0 Å². The van der Waals surface area contributed by atoms with Crippen LogP contribution in [0, 0.1) is 12.3 Å². The molecule has 1 aliphatic heterocycles. The van der Waals surface area contributed by atoms with E-state index in [2.05, 4.69) is 12.8 Å². The molecule has 142 valence electrons. The zero-order chi connectivity index (χ0) is 18.3. The van der Waals surface area contributed by atoms with Gasteiger partial charge in [-0.2, -0.15) is 0 Å². The average molecular weight is 351 g/mol. The molecule has 0 N–H and O–H groups in total. The van der Waals surface area contributed by atoms with Crippen LogP contribution in [0.15, 0.2) is 0 Å². The molecule has 0 aromatic carbocycles. The fourth-order valence-electron chi connectivity index (χ4n) is 3.10. The number of likely N-dealkylation sites (tertiary alicyclic amines) is 1. The lowest BCUT2D eigenvalue weighted by Gasteiger charge is -2.22. The van der Waals surface area contributed by atoms with E-state index in [0.29, 0.717) is 19.6 Å². The van der Waals surface area contributed by atoms with Gasteiger partial charge in [-0.25, -0.2) is 9.59 Å². The molecule has 1 aliphatic rings. The van der Waals surface area contributed by atoms with Gasteiger partial charge in [-0.15, -0.1) is 6.42 Å². The SMILES string of the molecule is C#CCOC(=O)N1CCCC1C(=O)OCCCCCCCCCCC. The lowest BCUT2D eigenvalue weighted by atomic mass is 10.1. The summed E-state index contributed by atoms with van der Waals surface area (Å²) in [5.41, 5.74) is 0. The first kappa shape index (κ1) is 21.3. The molecule has 0 aromatic heterocycles. The number of carbonyl (C=O) groups excluding carboxylic acids is 2. The number of ether oxygens (including phenoxy) is 2. The van der Waals surface area contributed by atoms with E-state index >= 15 is 0 Å². The van der Waals surface area contributed by atoms with Crippen LogP contribution in [0.4, 0.5) is 4.79 Å². The Balaban J connectivity index is 2.09. The maximum absolute atomic E-state index is 12.2. The van der Waals surface area contributed by atoms with Gasteiger partial charge in [0.15, 0.2) is 6.61 Å². The Kier molecular flexibility index (Phi) is 11.6. The number of carbonyl (C=O) groups is 2. The first-order valence-corrected chi connectivity index (χ1v) is 9.74. The van der Waals surface area contributed by atoms with Crippen LogP contribution in [0.3, 0.4) is 0 Å². The lowest BCUT2D eigenvalue weighted by molar-refractivity contribution is -0.148. The third-order valence-electron chi connectivity index (χ3n) is 4.53. The molecular formula is C20H33NO4. The van der Waals surface area contributed by atoms with Crippen molar-refractivity contribution in [3.8, 4) is 12.3 Å². The highest BCUT2D eigenvalue weighted by atomic mass is 16.6. The van der Waals surface area contributed by atoms with Crippen molar-refractivity contribution in [2.45, 2.75) is 83.6 Å². The Morgan fingerprint density at radius 2 is 1.68 bits per heavy atom. The number of hydrogen-bond acceptors (Lipinski definition) is 4. The quantitative estimate of drug-likeness (QED) is 0.299. The third kappa shape index (κ3) is 8.81. The molecule has 1 rings (SSSR count). The minimum Gasteiger partial charge on any atom is -0.464 e. The highest BCUT2D eigenvalue weighted by Gasteiger charge is 2.36. The summed E-state index contributed by atoms with van der Waals surface area (Å²) < 4.78 is 10.2. The van der Waals surface area contributed by atoms with Crippen LogP contribution >= 0.6 is 0 Å². The average Bonchev–Trinajstić information content (AvgIpc) is 3.11. The van der Waals surface area contributed by atoms with Gasteiger partial charge in [-0.3, -0.25) is 4.90 Å². The minimum absolute atomic E-state index is 0.0739. The molecule has 1 saturated heterocycles. The number of amides is 1. The summed E-state index contributed by atoms with van der Waals surface area (Å²) in [4.78, 5) is 25.4. The molecule has 5 heteroatoms. The van der Waals surface area contributed by atoms with Gasteiger partial charge in [0, 0.05) is 6.54 Å². The first-order chi connectivity index (χ1) is 12.2. The van der Waals surface area contributed by atoms with E-state index in [9.17, 15) is 9.59 Å². The Labute approximate surface area is 152 Å². The minimum atomic E-state index is -0.527. The largest absolute Gasteiger partial charge is 0.464 e. The van der Waals surface area contributed by atoms with E-state index < -0.39 is 12.1 Å². The number of terminal acetylenes is 1. The number of esters is 1. The van der Waals surface area contributed by atoms with E-state index in [1.54, 1.807) is 0 Å². The molecule has 5 nitrogen and oxygen atoms in total. The van der Waals surface area contributed by atoms with Crippen molar-refractivity contribution >= 4 is 12.1 Å². The standard InChI is InChI=1S/C20H33NO4/c1-3-5-6-7-8-9-10-11-12-17-24-19(22)18-14-13-15-21(18)20(23)25-16-4-2/h2,18H,3,5-17H2,1H3. The van der Waals surface area contributed by atoms with Gasteiger partial charge in [-0.05, 0) is 19.3 Å². The predicted octanol–water partition coefficient (Wildman–Crippen LogP) is 4.29. The molecule has 0 aromatic rings. The molecule has 1 amide bonds. The van der Waals surface area contributed by atoms with Crippen molar-refractivity contribution in [3.63, 3.8) is 0 Å². The number of rotatable bonds is 12. The van der Waals surface area contributed by atoms with Crippen LogP contribution in [0.2, 0.25) is 0 Å². The summed E-state index contributed by atoms with van der Waals surface area (Å²) >= 11 is 0. The molecule has 0 aliphatic carbocycles. The van der Waals surface area contributed by atoms with Crippen molar-refractivity contribution in [2.24, 2.45) is 0 Å². The van der Waals surface area contributed by atoms with Crippen molar-refractivity contribution in [3.05, 3.63) is 0 Å². The second kappa shape index (κ2) is 13.6. The molecule has 1 fully saturated rings. The third-order valence-corrected chi connectivity index (χ3v) is 4.53. The van der Waals surface area contributed by atoms with E-state index in [4.69, 9.17) is 15.9 Å². The second-order valence-electron chi connectivity index (χ2n) is 6.61. The van der Waals surface area contributed by atoms with Gasteiger partial charge in [0.2, 0.25) is 0 Å². The summed E-state index contributed by atoms with van der Waals surface area (Å²) in [6.07, 6.45) is 17.0. The monoisotopic (exact) mass is 351 g/mol. The van der Waals surface area contributed by atoms with Crippen LogP contribution in [0.5, 0.6) is 0 Å². The Hall–Kier alpha value is -1.70. The zero-order valence-corrected chi connectivity index (χ0v) is 15.6. The van der Waals surface area contributed by atoms with Gasteiger partial charge in [0.1, 0.15) is 6.04 Å². The van der Waals surface area contributed by atoms with Gasteiger partial charge in [-0.1, -0.05) is 64.2 Å². The second-order valence-corrected chi connectivity index (χ2v) is 6.61. The summed E-state index contributed by atoms with van der Waals surface area (Å²) in [6.45, 7) is 3.10. The number of unbranched alkanes of at least 4 members (excludes halogenated alkanes) is 8. The maximum Gasteiger partial charge on any atom is 0.411 e. The Morgan fingerprint density at radius 1 is 1.04 bits per heavy atom. The Bertz CT molecular complexity index is 430. The van der Waals surface area contributed by atoms with Gasteiger partial charge in [0.25, 0.3) is 0 Å². The fourth-order valence-corrected chi connectivity index (χ4v) is 3.10. The van der Waals surface area contributed by atoms with Crippen molar-refractivity contribution in [1.82, 2.24) is 4.90 Å². The molecule has 1 unspecified atom stereocenters. The molecular weight excluding hydrogens is 318 g/mol. The normalized spacial score (nSPS) is 16.5. The highest BCUT2D eigenvalue weighted by Crippen LogP contribution is 2.19. The predicted molar refractivity (Wildman–Crippen MR) is 98.1 cm³/mol. The summed E-state index contributed by atoms with van der Waals surface area (Å²) in [5, 5.41) is 0. The first-order valence-electron chi connectivity index (χ1n) is 9.74. The molecule has 0 saturated carbocycles. The highest BCUT2D eigenvalue weighted by molar-refractivity contribution is 5.82. The van der Waals surface area contributed by atoms with Crippen LogP contribution in [-0.4, -0.2) is 42.8 Å². The zero-order valence-electron chi connectivity index (χ0n) is 15.6. The maximum atomic E-state index is 12.2. The summed E-state index contributed by atoms with van der Waals surface area (Å²) in [5.74, 6) is 1.93. The van der Waals surface area contributed by atoms with Crippen molar-refractivity contribution in [1.29, 1.82) is 0 Å². The van der Waals surface area contributed by atoms with Crippen LogP contribution < -0.4 is 0 Å². The van der Waals surface area contributed by atoms with E-state index in [1.165, 1.54) is 49.8 Å². The number of nitrogens with zero attached hydrogens (tertiary/aromatic N) is 1. The van der Waals surface area contributed by atoms with Crippen molar-refractivity contribution in [2.75, 3.05) is 19.8 Å². The Morgan fingerprint density at radius 3 is 2.32 bits per heavy atom. The molecule has 0 spiro atoms. The lowest BCUT2D eigenvalue weighted by Crippen LogP contribution is -2.41. The summed E-state index contributed by atoms with van der Waals surface area (Å²) in [6, 6.07) is -0.524. The molecule has 0 bridgehead atoms. The van der Waals surface area contributed by atoms with Crippen LogP contribution in [-0.2, 0) is 14.3 Å². The van der Waals surface area contributed by atoms with Gasteiger partial charge < -0.3 is 9.47 Å². The molecule has 0 radical (unpaired) electrons. The molecule has 1 atom stereocenters.